The average molecular weight is 298 g/mol. The fraction of sp³-hybridized carbons (Fsp3) is 0.0625. The molecule has 3 aromatic rings. The minimum absolute atomic E-state index is 0.145. The standard InChI is InChI=1S/C16H12ClN3O/c1-18-16(21)15-19-13-8-7-11(17)9-12(13)14(20-15)10-5-3-2-4-6-10/h2-9H,1H3,(H,18,21). The molecule has 1 amide bonds. The Balaban J connectivity index is 2.33. The summed E-state index contributed by atoms with van der Waals surface area (Å²) >= 11 is 6.07. The number of benzene rings is 2. The van der Waals surface area contributed by atoms with Gasteiger partial charge in [-0.15, -0.1) is 0 Å². The van der Waals surface area contributed by atoms with Crippen LogP contribution in [0.5, 0.6) is 0 Å². The highest BCUT2D eigenvalue weighted by molar-refractivity contribution is 6.31. The molecule has 0 fully saturated rings. The number of halogens is 1. The van der Waals surface area contributed by atoms with E-state index in [0.717, 1.165) is 10.9 Å². The molecule has 21 heavy (non-hydrogen) atoms. The van der Waals surface area contributed by atoms with Crippen LogP contribution in [-0.2, 0) is 0 Å². The molecule has 0 saturated carbocycles. The maximum Gasteiger partial charge on any atom is 0.288 e. The predicted octanol–water partition coefficient (Wildman–Crippen LogP) is 3.31. The van der Waals surface area contributed by atoms with Crippen molar-refractivity contribution < 1.29 is 4.79 Å². The van der Waals surface area contributed by atoms with Gasteiger partial charge in [-0.25, -0.2) is 9.97 Å². The number of rotatable bonds is 2. The first-order valence-electron chi connectivity index (χ1n) is 6.44. The van der Waals surface area contributed by atoms with E-state index in [1.54, 1.807) is 19.2 Å². The van der Waals surface area contributed by atoms with Gasteiger partial charge in [0.05, 0.1) is 11.2 Å². The second kappa shape index (κ2) is 5.50. The molecule has 2 aromatic carbocycles. The van der Waals surface area contributed by atoms with Crippen LogP contribution >= 0.6 is 11.6 Å². The summed E-state index contributed by atoms with van der Waals surface area (Å²) < 4.78 is 0. The Morgan fingerprint density at radius 2 is 1.86 bits per heavy atom. The first kappa shape index (κ1) is 13.5. The molecule has 0 aliphatic rings. The quantitative estimate of drug-likeness (QED) is 0.789. The number of carbonyl (C=O) groups is 1. The highest BCUT2D eigenvalue weighted by Crippen LogP contribution is 2.28. The van der Waals surface area contributed by atoms with Gasteiger partial charge in [-0.05, 0) is 18.2 Å². The number of carbonyl (C=O) groups excluding carboxylic acids is 1. The van der Waals surface area contributed by atoms with Crippen LogP contribution in [0, 0.1) is 0 Å². The van der Waals surface area contributed by atoms with Crippen LogP contribution in [0.2, 0.25) is 5.02 Å². The Morgan fingerprint density at radius 3 is 2.57 bits per heavy atom. The molecule has 0 aliphatic heterocycles. The summed E-state index contributed by atoms with van der Waals surface area (Å²) in [6.45, 7) is 0. The van der Waals surface area contributed by atoms with Crippen molar-refractivity contribution in [2.75, 3.05) is 7.05 Å². The van der Waals surface area contributed by atoms with Crippen molar-refractivity contribution in [1.29, 1.82) is 0 Å². The van der Waals surface area contributed by atoms with E-state index in [2.05, 4.69) is 15.3 Å². The number of nitrogens with zero attached hydrogens (tertiary/aromatic N) is 2. The first-order chi connectivity index (χ1) is 10.2. The van der Waals surface area contributed by atoms with Crippen LogP contribution in [0.3, 0.4) is 0 Å². The summed E-state index contributed by atoms with van der Waals surface area (Å²) in [6, 6.07) is 15.0. The molecule has 4 nitrogen and oxygen atoms in total. The molecule has 3 rings (SSSR count). The molecule has 5 heteroatoms. The molecule has 1 aromatic heterocycles. The summed E-state index contributed by atoms with van der Waals surface area (Å²) in [6.07, 6.45) is 0. The van der Waals surface area contributed by atoms with Crippen molar-refractivity contribution in [2.45, 2.75) is 0 Å². The van der Waals surface area contributed by atoms with E-state index in [1.165, 1.54) is 0 Å². The van der Waals surface area contributed by atoms with Gasteiger partial charge in [0, 0.05) is 23.0 Å². The minimum Gasteiger partial charge on any atom is -0.352 e. The van der Waals surface area contributed by atoms with Crippen molar-refractivity contribution in [3.05, 3.63) is 59.4 Å². The fourth-order valence-corrected chi connectivity index (χ4v) is 2.30. The second-order valence-electron chi connectivity index (χ2n) is 4.50. The van der Waals surface area contributed by atoms with E-state index in [9.17, 15) is 4.79 Å². The molecule has 0 spiro atoms. The molecule has 0 bridgehead atoms. The number of fused-ring (bicyclic) bond motifs is 1. The largest absolute Gasteiger partial charge is 0.352 e. The minimum atomic E-state index is -0.316. The topological polar surface area (TPSA) is 54.9 Å². The number of hydrogen-bond acceptors (Lipinski definition) is 3. The monoisotopic (exact) mass is 297 g/mol. The zero-order chi connectivity index (χ0) is 14.8. The Kier molecular flexibility index (Phi) is 3.54. The number of hydrogen-bond donors (Lipinski definition) is 1. The van der Waals surface area contributed by atoms with Crippen molar-refractivity contribution in [3.63, 3.8) is 0 Å². The molecule has 0 radical (unpaired) electrons. The van der Waals surface area contributed by atoms with E-state index in [0.29, 0.717) is 16.2 Å². The molecule has 0 aliphatic carbocycles. The van der Waals surface area contributed by atoms with Crippen LogP contribution in [0.15, 0.2) is 48.5 Å². The van der Waals surface area contributed by atoms with Gasteiger partial charge < -0.3 is 5.32 Å². The van der Waals surface area contributed by atoms with Gasteiger partial charge in [-0.2, -0.15) is 0 Å². The summed E-state index contributed by atoms with van der Waals surface area (Å²) in [5, 5.41) is 3.97. The SMILES string of the molecule is CNC(=O)c1nc(-c2ccccc2)c2cc(Cl)ccc2n1. The van der Waals surface area contributed by atoms with Crippen LogP contribution in [-0.4, -0.2) is 22.9 Å². The predicted molar refractivity (Wildman–Crippen MR) is 83.4 cm³/mol. The van der Waals surface area contributed by atoms with Crippen LogP contribution in [0.25, 0.3) is 22.2 Å². The van der Waals surface area contributed by atoms with Gasteiger partial charge in [0.1, 0.15) is 0 Å². The van der Waals surface area contributed by atoms with Gasteiger partial charge in [-0.3, -0.25) is 4.79 Å². The summed E-state index contributed by atoms with van der Waals surface area (Å²) in [5.41, 5.74) is 2.30. The lowest BCUT2D eigenvalue weighted by atomic mass is 10.1. The maximum atomic E-state index is 11.8. The smallest absolute Gasteiger partial charge is 0.288 e. The molecule has 1 N–H and O–H groups in total. The molecule has 0 saturated heterocycles. The van der Waals surface area contributed by atoms with E-state index in [-0.39, 0.29) is 11.7 Å². The fourth-order valence-electron chi connectivity index (χ4n) is 2.13. The van der Waals surface area contributed by atoms with Gasteiger partial charge in [0.15, 0.2) is 0 Å². The Hall–Kier alpha value is -2.46. The molecule has 0 unspecified atom stereocenters. The molecule has 0 atom stereocenters. The zero-order valence-electron chi connectivity index (χ0n) is 11.3. The number of nitrogens with one attached hydrogen (secondary N) is 1. The van der Waals surface area contributed by atoms with Crippen LogP contribution in [0.1, 0.15) is 10.6 Å². The number of aromatic nitrogens is 2. The van der Waals surface area contributed by atoms with Gasteiger partial charge in [0.2, 0.25) is 5.82 Å². The van der Waals surface area contributed by atoms with Crippen molar-refractivity contribution in [1.82, 2.24) is 15.3 Å². The highest BCUT2D eigenvalue weighted by Gasteiger charge is 2.14. The third kappa shape index (κ3) is 2.58. The lowest BCUT2D eigenvalue weighted by molar-refractivity contribution is 0.0953. The summed E-state index contributed by atoms with van der Waals surface area (Å²) in [4.78, 5) is 20.5. The summed E-state index contributed by atoms with van der Waals surface area (Å²) in [7, 11) is 1.56. The van der Waals surface area contributed by atoms with Crippen LogP contribution in [0.4, 0.5) is 0 Å². The second-order valence-corrected chi connectivity index (χ2v) is 4.94. The highest BCUT2D eigenvalue weighted by atomic mass is 35.5. The van der Waals surface area contributed by atoms with E-state index < -0.39 is 0 Å². The maximum absolute atomic E-state index is 11.8. The van der Waals surface area contributed by atoms with Crippen molar-refractivity contribution in [2.24, 2.45) is 0 Å². The third-order valence-electron chi connectivity index (χ3n) is 3.14. The van der Waals surface area contributed by atoms with E-state index in [1.807, 2.05) is 36.4 Å². The Bertz CT molecular complexity index is 818. The molecule has 104 valence electrons. The lowest BCUT2D eigenvalue weighted by Gasteiger charge is -2.08. The van der Waals surface area contributed by atoms with Gasteiger partial charge in [0.25, 0.3) is 5.91 Å². The lowest BCUT2D eigenvalue weighted by Crippen LogP contribution is -2.21. The van der Waals surface area contributed by atoms with Crippen LogP contribution < -0.4 is 5.32 Å². The zero-order valence-corrected chi connectivity index (χ0v) is 12.1. The molecular formula is C16H12ClN3O. The Morgan fingerprint density at radius 1 is 1.10 bits per heavy atom. The van der Waals surface area contributed by atoms with E-state index in [4.69, 9.17) is 11.6 Å². The van der Waals surface area contributed by atoms with Gasteiger partial charge in [-0.1, -0.05) is 41.9 Å². The average Bonchev–Trinajstić information content (AvgIpc) is 2.54. The first-order valence-corrected chi connectivity index (χ1v) is 6.81. The normalized spacial score (nSPS) is 10.6. The Labute approximate surface area is 126 Å². The van der Waals surface area contributed by atoms with Crippen molar-refractivity contribution in [3.8, 4) is 11.3 Å². The van der Waals surface area contributed by atoms with E-state index >= 15 is 0 Å². The van der Waals surface area contributed by atoms with Crippen molar-refractivity contribution >= 4 is 28.4 Å². The summed E-state index contributed by atoms with van der Waals surface area (Å²) in [5.74, 6) is -0.171. The number of amides is 1. The molecular weight excluding hydrogens is 286 g/mol. The molecule has 1 heterocycles. The van der Waals surface area contributed by atoms with Gasteiger partial charge >= 0.3 is 0 Å². The third-order valence-corrected chi connectivity index (χ3v) is 3.37.